The fourth-order valence-electron chi connectivity index (χ4n) is 3.75. The SMILES string of the molecule is C[C@@H](C(=O)Nc1ccc(F)cc1Cl)[NH+]1CCC(c2nc3ccccc3s2)CC1. The third-order valence-corrected chi connectivity index (χ3v) is 6.99. The first-order valence-corrected chi connectivity index (χ1v) is 10.7. The fourth-order valence-corrected chi connectivity index (χ4v) is 5.10. The molecular formula is C21H22ClFN3OS+. The van der Waals surface area contributed by atoms with E-state index in [4.69, 9.17) is 16.6 Å². The quantitative estimate of drug-likeness (QED) is 0.675. The van der Waals surface area contributed by atoms with Crippen LogP contribution in [0.25, 0.3) is 10.2 Å². The van der Waals surface area contributed by atoms with E-state index in [0.29, 0.717) is 11.6 Å². The molecule has 2 aromatic carbocycles. The number of carbonyl (C=O) groups excluding carboxylic acids is 1. The minimum absolute atomic E-state index is 0.0954. The summed E-state index contributed by atoms with van der Waals surface area (Å²) in [4.78, 5) is 18.7. The number of amides is 1. The number of benzene rings is 2. The van der Waals surface area contributed by atoms with E-state index in [9.17, 15) is 9.18 Å². The first-order chi connectivity index (χ1) is 13.5. The summed E-state index contributed by atoms with van der Waals surface area (Å²) >= 11 is 7.80. The number of fused-ring (bicyclic) bond motifs is 1. The molecule has 2 N–H and O–H groups in total. The summed E-state index contributed by atoms with van der Waals surface area (Å²) in [6.45, 7) is 3.78. The molecule has 1 atom stereocenters. The molecule has 2 heterocycles. The number of nitrogens with one attached hydrogen (secondary N) is 2. The van der Waals surface area contributed by atoms with Crippen molar-refractivity contribution in [2.75, 3.05) is 18.4 Å². The van der Waals surface area contributed by atoms with Crippen LogP contribution in [0.1, 0.15) is 30.7 Å². The minimum Gasteiger partial charge on any atom is -0.325 e. The zero-order valence-corrected chi connectivity index (χ0v) is 17.1. The van der Waals surface area contributed by atoms with Gasteiger partial charge in [0.25, 0.3) is 5.91 Å². The van der Waals surface area contributed by atoms with Gasteiger partial charge in [0.2, 0.25) is 0 Å². The second-order valence-corrected chi connectivity index (χ2v) is 8.76. The molecule has 0 saturated carbocycles. The largest absolute Gasteiger partial charge is 0.325 e. The van der Waals surface area contributed by atoms with E-state index in [0.717, 1.165) is 31.4 Å². The topological polar surface area (TPSA) is 46.4 Å². The average Bonchev–Trinajstić information content (AvgIpc) is 3.14. The summed E-state index contributed by atoms with van der Waals surface area (Å²) in [5.74, 6) is -0.0523. The number of carbonyl (C=O) groups is 1. The second-order valence-electron chi connectivity index (χ2n) is 7.29. The molecule has 1 aromatic heterocycles. The molecule has 1 fully saturated rings. The molecule has 1 saturated heterocycles. The number of likely N-dealkylation sites (tertiary alicyclic amines) is 1. The number of nitrogens with zero attached hydrogens (tertiary/aromatic N) is 1. The highest BCUT2D eigenvalue weighted by atomic mass is 35.5. The normalized spacial score (nSPS) is 20.8. The third kappa shape index (κ3) is 4.04. The Kier molecular flexibility index (Phi) is 5.62. The van der Waals surface area contributed by atoms with Crippen molar-refractivity contribution in [3.8, 4) is 0 Å². The van der Waals surface area contributed by atoms with Gasteiger partial charge in [-0.2, -0.15) is 0 Å². The van der Waals surface area contributed by atoms with Crippen LogP contribution in [0.3, 0.4) is 0 Å². The minimum atomic E-state index is -0.418. The number of halogens is 2. The van der Waals surface area contributed by atoms with Crippen molar-refractivity contribution >= 4 is 44.7 Å². The predicted molar refractivity (Wildman–Crippen MR) is 112 cm³/mol. The zero-order chi connectivity index (χ0) is 19.7. The molecule has 28 heavy (non-hydrogen) atoms. The number of quaternary nitrogens is 1. The lowest BCUT2D eigenvalue weighted by Crippen LogP contribution is -3.17. The van der Waals surface area contributed by atoms with E-state index in [1.807, 2.05) is 19.1 Å². The fraction of sp³-hybridized carbons (Fsp3) is 0.333. The molecule has 4 rings (SSSR count). The van der Waals surface area contributed by atoms with Gasteiger partial charge in [-0.05, 0) is 37.3 Å². The summed E-state index contributed by atoms with van der Waals surface area (Å²) in [5, 5.41) is 4.24. The summed E-state index contributed by atoms with van der Waals surface area (Å²) in [7, 11) is 0. The highest BCUT2D eigenvalue weighted by Gasteiger charge is 2.32. The van der Waals surface area contributed by atoms with Crippen molar-refractivity contribution in [2.24, 2.45) is 0 Å². The zero-order valence-electron chi connectivity index (χ0n) is 15.5. The third-order valence-electron chi connectivity index (χ3n) is 5.48. The Morgan fingerprint density at radius 2 is 2.04 bits per heavy atom. The van der Waals surface area contributed by atoms with Crippen molar-refractivity contribution in [1.82, 2.24) is 4.98 Å². The number of piperidine rings is 1. The molecule has 146 valence electrons. The van der Waals surface area contributed by atoms with Crippen LogP contribution >= 0.6 is 22.9 Å². The lowest BCUT2D eigenvalue weighted by Gasteiger charge is -2.31. The maximum Gasteiger partial charge on any atom is 0.282 e. The monoisotopic (exact) mass is 418 g/mol. The van der Waals surface area contributed by atoms with Gasteiger partial charge in [0.1, 0.15) is 5.82 Å². The van der Waals surface area contributed by atoms with Crippen LogP contribution in [0.15, 0.2) is 42.5 Å². The Balaban J connectivity index is 1.36. The number of aromatic nitrogens is 1. The van der Waals surface area contributed by atoms with Crippen LogP contribution in [-0.4, -0.2) is 30.0 Å². The van der Waals surface area contributed by atoms with Crippen molar-refractivity contribution < 1.29 is 14.1 Å². The lowest BCUT2D eigenvalue weighted by molar-refractivity contribution is -0.919. The van der Waals surface area contributed by atoms with Gasteiger partial charge >= 0.3 is 0 Å². The van der Waals surface area contributed by atoms with E-state index in [2.05, 4.69) is 17.4 Å². The average molecular weight is 419 g/mol. The van der Waals surface area contributed by atoms with Crippen LogP contribution in [-0.2, 0) is 4.79 Å². The number of hydrogen-bond acceptors (Lipinski definition) is 3. The number of anilines is 1. The Morgan fingerprint density at radius 3 is 2.75 bits per heavy atom. The standard InChI is InChI=1S/C21H21ClFN3OS/c1-13(20(27)24-17-7-6-15(23)12-16(17)22)26-10-8-14(9-11-26)21-25-18-4-2-3-5-19(18)28-21/h2-7,12-14H,8-11H2,1H3,(H,24,27)/p+1/t13-/m0/s1. The van der Waals surface area contributed by atoms with Crippen molar-refractivity contribution in [3.05, 3.63) is 58.3 Å². The second kappa shape index (κ2) is 8.15. The maximum atomic E-state index is 13.2. The van der Waals surface area contributed by atoms with E-state index in [1.54, 1.807) is 11.3 Å². The van der Waals surface area contributed by atoms with Gasteiger partial charge in [-0.3, -0.25) is 4.79 Å². The van der Waals surface area contributed by atoms with Gasteiger partial charge in [0.05, 0.1) is 39.0 Å². The van der Waals surface area contributed by atoms with Crippen LogP contribution in [0.2, 0.25) is 5.02 Å². The van der Waals surface area contributed by atoms with Crippen LogP contribution in [0.4, 0.5) is 10.1 Å². The first-order valence-electron chi connectivity index (χ1n) is 9.47. The van der Waals surface area contributed by atoms with Gasteiger partial charge in [-0.15, -0.1) is 11.3 Å². The Bertz CT molecular complexity index is 967. The first kappa shape index (κ1) is 19.3. The smallest absolute Gasteiger partial charge is 0.282 e. The van der Waals surface area contributed by atoms with E-state index in [1.165, 1.54) is 32.8 Å². The van der Waals surface area contributed by atoms with Gasteiger partial charge in [-0.25, -0.2) is 9.37 Å². The Labute approximate surface area is 172 Å². The summed E-state index contributed by atoms with van der Waals surface area (Å²) < 4.78 is 14.4. The summed E-state index contributed by atoms with van der Waals surface area (Å²) in [5.41, 5.74) is 1.52. The van der Waals surface area contributed by atoms with Crippen LogP contribution < -0.4 is 10.2 Å². The van der Waals surface area contributed by atoms with Crippen LogP contribution in [0, 0.1) is 5.82 Å². The van der Waals surface area contributed by atoms with Crippen molar-refractivity contribution in [3.63, 3.8) is 0 Å². The van der Waals surface area contributed by atoms with Crippen molar-refractivity contribution in [1.29, 1.82) is 0 Å². The molecular weight excluding hydrogens is 397 g/mol. The molecule has 7 heteroatoms. The number of thiazole rings is 1. The van der Waals surface area contributed by atoms with Crippen LogP contribution in [0.5, 0.6) is 0 Å². The van der Waals surface area contributed by atoms with E-state index in [-0.39, 0.29) is 17.0 Å². The lowest BCUT2D eigenvalue weighted by atomic mass is 9.96. The van der Waals surface area contributed by atoms with Gasteiger partial charge in [-0.1, -0.05) is 23.7 Å². The Morgan fingerprint density at radius 1 is 1.29 bits per heavy atom. The molecule has 0 spiro atoms. The molecule has 4 nitrogen and oxygen atoms in total. The van der Waals surface area contributed by atoms with E-state index < -0.39 is 5.82 Å². The summed E-state index contributed by atoms with van der Waals surface area (Å²) in [6, 6.07) is 12.0. The van der Waals surface area contributed by atoms with Gasteiger partial charge in [0.15, 0.2) is 6.04 Å². The summed E-state index contributed by atoms with van der Waals surface area (Å²) in [6.07, 6.45) is 2.04. The van der Waals surface area contributed by atoms with Gasteiger partial charge in [0, 0.05) is 18.8 Å². The number of rotatable bonds is 4. The number of para-hydroxylation sites is 1. The molecule has 1 amide bonds. The van der Waals surface area contributed by atoms with E-state index >= 15 is 0 Å². The highest BCUT2D eigenvalue weighted by Crippen LogP contribution is 2.31. The molecule has 0 bridgehead atoms. The molecule has 0 unspecified atom stereocenters. The predicted octanol–water partition coefficient (Wildman–Crippen LogP) is 3.88. The molecule has 3 aromatic rings. The molecule has 0 radical (unpaired) electrons. The molecule has 1 aliphatic rings. The molecule has 1 aliphatic heterocycles. The van der Waals surface area contributed by atoms with Gasteiger partial charge < -0.3 is 10.2 Å². The highest BCUT2D eigenvalue weighted by molar-refractivity contribution is 7.18. The number of hydrogen-bond donors (Lipinski definition) is 2. The van der Waals surface area contributed by atoms with Crippen molar-refractivity contribution in [2.45, 2.75) is 31.7 Å². The Hall–Kier alpha value is -2.02. The maximum absolute atomic E-state index is 13.2. The molecule has 0 aliphatic carbocycles.